The van der Waals surface area contributed by atoms with Gasteiger partial charge < -0.3 is 10.2 Å². The van der Waals surface area contributed by atoms with E-state index in [0.717, 1.165) is 17.5 Å². The Balaban J connectivity index is 0.00000364. The molecule has 27 heavy (non-hydrogen) atoms. The number of sulfone groups is 1. The van der Waals surface area contributed by atoms with E-state index in [1.54, 1.807) is 25.2 Å². The summed E-state index contributed by atoms with van der Waals surface area (Å²) in [5.74, 6) is 0.457. The first-order chi connectivity index (χ1) is 12.3. The second kappa shape index (κ2) is 10.6. The molecule has 0 radical (unpaired) electrons. The summed E-state index contributed by atoms with van der Waals surface area (Å²) in [6.07, 6.45) is 1.93. The molecular formula is C19H25FIN3O2S. The van der Waals surface area contributed by atoms with E-state index >= 15 is 0 Å². The molecular weight excluding hydrogens is 480 g/mol. The minimum atomic E-state index is -3.17. The number of nitrogens with one attached hydrogen (secondary N) is 1. The van der Waals surface area contributed by atoms with Crippen molar-refractivity contribution < 1.29 is 12.8 Å². The Kier molecular flexibility index (Phi) is 9.17. The molecule has 0 bridgehead atoms. The van der Waals surface area contributed by atoms with Gasteiger partial charge in [0.2, 0.25) is 0 Å². The minimum Gasteiger partial charge on any atom is -0.356 e. The third kappa shape index (κ3) is 7.45. The van der Waals surface area contributed by atoms with Crippen LogP contribution in [0.4, 0.5) is 4.39 Å². The summed E-state index contributed by atoms with van der Waals surface area (Å²) in [6, 6.07) is 13.4. The fraction of sp³-hybridized carbons (Fsp3) is 0.316. The topological polar surface area (TPSA) is 61.8 Å². The van der Waals surface area contributed by atoms with Gasteiger partial charge in [-0.1, -0.05) is 24.3 Å². The number of benzene rings is 2. The summed E-state index contributed by atoms with van der Waals surface area (Å²) in [5, 5.41) is 3.26. The molecule has 0 fully saturated rings. The van der Waals surface area contributed by atoms with Crippen molar-refractivity contribution >= 4 is 39.8 Å². The van der Waals surface area contributed by atoms with Gasteiger partial charge in [0.05, 0.1) is 4.90 Å². The molecule has 0 saturated heterocycles. The van der Waals surface area contributed by atoms with E-state index in [1.165, 1.54) is 18.4 Å². The van der Waals surface area contributed by atoms with Gasteiger partial charge >= 0.3 is 0 Å². The van der Waals surface area contributed by atoms with Crippen LogP contribution in [0.3, 0.4) is 0 Å². The molecule has 148 valence electrons. The molecule has 0 amide bonds. The van der Waals surface area contributed by atoms with Gasteiger partial charge in [-0.15, -0.1) is 24.0 Å². The van der Waals surface area contributed by atoms with Gasteiger partial charge in [0.25, 0.3) is 0 Å². The SMILES string of the molecule is CN=C(NCCc1ccc(S(C)(=O)=O)cc1)N(C)Cc1cccc(F)c1.I. The molecule has 0 saturated carbocycles. The van der Waals surface area contributed by atoms with Crippen LogP contribution in [0.5, 0.6) is 0 Å². The molecule has 2 aromatic carbocycles. The Morgan fingerprint density at radius 3 is 2.37 bits per heavy atom. The van der Waals surface area contributed by atoms with Gasteiger partial charge in [0, 0.05) is 33.4 Å². The lowest BCUT2D eigenvalue weighted by Gasteiger charge is -2.22. The molecule has 0 atom stereocenters. The van der Waals surface area contributed by atoms with Crippen molar-refractivity contribution in [2.24, 2.45) is 4.99 Å². The first-order valence-corrected chi connectivity index (χ1v) is 10.1. The average Bonchev–Trinajstić information content (AvgIpc) is 2.58. The fourth-order valence-electron chi connectivity index (χ4n) is 2.59. The van der Waals surface area contributed by atoms with Crippen LogP contribution in [-0.2, 0) is 22.8 Å². The van der Waals surface area contributed by atoms with Crippen LogP contribution in [-0.4, -0.2) is 46.2 Å². The lowest BCUT2D eigenvalue weighted by molar-refractivity contribution is 0.475. The Bertz CT molecular complexity index is 871. The predicted molar refractivity (Wildman–Crippen MR) is 118 cm³/mol. The maximum Gasteiger partial charge on any atom is 0.193 e. The highest BCUT2D eigenvalue weighted by molar-refractivity contribution is 14.0. The number of rotatable bonds is 6. The molecule has 8 heteroatoms. The van der Waals surface area contributed by atoms with Crippen LogP contribution in [0.1, 0.15) is 11.1 Å². The van der Waals surface area contributed by atoms with Gasteiger partial charge in [-0.3, -0.25) is 4.99 Å². The van der Waals surface area contributed by atoms with Crippen molar-refractivity contribution in [1.29, 1.82) is 0 Å². The van der Waals surface area contributed by atoms with Crippen molar-refractivity contribution in [3.63, 3.8) is 0 Å². The number of aliphatic imine (C=N–C) groups is 1. The van der Waals surface area contributed by atoms with Crippen LogP contribution >= 0.6 is 24.0 Å². The Labute approximate surface area is 177 Å². The van der Waals surface area contributed by atoms with Gasteiger partial charge in [-0.05, 0) is 41.8 Å². The van der Waals surface area contributed by atoms with E-state index in [-0.39, 0.29) is 29.8 Å². The molecule has 2 aromatic rings. The quantitative estimate of drug-likeness (QED) is 0.373. The predicted octanol–water partition coefficient (Wildman–Crippen LogP) is 3.10. The number of guanidine groups is 1. The van der Waals surface area contributed by atoms with Crippen molar-refractivity contribution in [1.82, 2.24) is 10.2 Å². The van der Waals surface area contributed by atoms with Gasteiger partial charge in [-0.2, -0.15) is 0 Å². The second-order valence-corrected chi connectivity index (χ2v) is 8.14. The average molecular weight is 505 g/mol. The normalized spacial score (nSPS) is 11.6. The molecule has 2 rings (SSSR count). The number of halogens is 2. The summed E-state index contributed by atoms with van der Waals surface area (Å²) in [5.41, 5.74) is 1.90. The highest BCUT2D eigenvalue weighted by Crippen LogP contribution is 2.10. The first-order valence-electron chi connectivity index (χ1n) is 8.25. The van der Waals surface area contributed by atoms with Crippen LogP contribution in [0, 0.1) is 5.82 Å². The summed E-state index contributed by atoms with van der Waals surface area (Å²) < 4.78 is 36.2. The lowest BCUT2D eigenvalue weighted by atomic mass is 10.1. The van der Waals surface area contributed by atoms with E-state index in [1.807, 2.05) is 30.1 Å². The van der Waals surface area contributed by atoms with Crippen LogP contribution < -0.4 is 5.32 Å². The molecule has 5 nitrogen and oxygen atoms in total. The highest BCUT2D eigenvalue weighted by atomic mass is 127. The van der Waals surface area contributed by atoms with Gasteiger partial charge in [0.15, 0.2) is 15.8 Å². The van der Waals surface area contributed by atoms with E-state index in [2.05, 4.69) is 10.3 Å². The second-order valence-electron chi connectivity index (χ2n) is 6.13. The largest absolute Gasteiger partial charge is 0.356 e. The zero-order valence-electron chi connectivity index (χ0n) is 15.6. The fourth-order valence-corrected chi connectivity index (χ4v) is 3.22. The zero-order chi connectivity index (χ0) is 19.2. The Morgan fingerprint density at radius 1 is 1.15 bits per heavy atom. The Hall–Kier alpha value is -1.68. The van der Waals surface area contributed by atoms with E-state index in [0.29, 0.717) is 23.9 Å². The summed E-state index contributed by atoms with van der Waals surface area (Å²) in [6.45, 7) is 1.19. The molecule has 0 aliphatic heterocycles. The molecule has 0 aliphatic carbocycles. The van der Waals surface area contributed by atoms with Crippen LogP contribution in [0.2, 0.25) is 0 Å². The molecule has 0 heterocycles. The summed E-state index contributed by atoms with van der Waals surface area (Å²) >= 11 is 0. The van der Waals surface area contributed by atoms with Crippen molar-refractivity contribution in [2.75, 3.05) is 26.9 Å². The molecule has 1 N–H and O–H groups in total. The van der Waals surface area contributed by atoms with Crippen molar-refractivity contribution in [2.45, 2.75) is 17.9 Å². The number of hydrogen-bond donors (Lipinski definition) is 1. The summed E-state index contributed by atoms with van der Waals surface area (Å²) in [4.78, 5) is 6.48. The highest BCUT2D eigenvalue weighted by Gasteiger charge is 2.08. The standard InChI is InChI=1S/C19H24FN3O2S.HI/c1-21-19(23(2)14-16-5-4-6-17(20)13-16)22-12-11-15-7-9-18(10-8-15)26(3,24)25;/h4-10,13H,11-12,14H2,1-3H3,(H,21,22);1H. The van der Waals surface area contributed by atoms with Crippen molar-refractivity contribution in [3.8, 4) is 0 Å². The van der Waals surface area contributed by atoms with Crippen molar-refractivity contribution in [3.05, 3.63) is 65.5 Å². The maximum atomic E-state index is 13.3. The maximum absolute atomic E-state index is 13.3. The minimum absolute atomic E-state index is 0. The zero-order valence-corrected chi connectivity index (χ0v) is 18.8. The molecule has 0 unspecified atom stereocenters. The molecule has 0 spiro atoms. The number of nitrogens with zero attached hydrogens (tertiary/aromatic N) is 2. The molecule has 0 aromatic heterocycles. The van der Waals surface area contributed by atoms with Crippen LogP contribution in [0.15, 0.2) is 58.4 Å². The molecule has 0 aliphatic rings. The monoisotopic (exact) mass is 505 g/mol. The van der Waals surface area contributed by atoms with Crippen LogP contribution in [0.25, 0.3) is 0 Å². The smallest absolute Gasteiger partial charge is 0.193 e. The van der Waals surface area contributed by atoms with E-state index in [9.17, 15) is 12.8 Å². The Morgan fingerprint density at radius 2 is 1.81 bits per heavy atom. The number of hydrogen-bond acceptors (Lipinski definition) is 3. The third-order valence-corrected chi connectivity index (χ3v) is 5.06. The van der Waals surface area contributed by atoms with Gasteiger partial charge in [-0.25, -0.2) is 12.8 Å². The van der Waals surface area contributed by atoms with Gasteiger partial charge in [0.1, 0.15) is 5.82 Å². The first kappa shape index (κ1) is 23.4. The van der Waals surface area contributed by atoms with E-state index < -0.39 is 9.84 Å². The lowest BCUT2D eigenvalue weighted by Crippen LogP contribution is -2.39. The van der Waals surface area contributed by atoms with E-state index in [4.69, 9.17) is 0 Å². The third-order valence-electron chi connectivity index (χ3n) is 3.93. The summed E-state index contributed by atoms with van der Waals surface area (Å²) in [7, 11) is 0.420.